The number of hydrogen-bond donors (Lipinski definition) is 2. The molecule has 0 aromatic heterocycles. The van der Waals surface area contributed by atoms with Gasteiger partial charge in [-0.3, -0.25) is 14.5 Å². The number of carbonyl (C=O) groups is 3. The molecular weight excluding hydrogens is 342 g/mol. The largest absolute Gasteiger partial charge is 0.325 e. The Bertz CT molecular complexity index is 864. The Morgan fingerprint density at radius 2 is 1.85 bits per heavy atom. The van der Waals surface area contributed by atoms with E-state index in [2.05, 4.69) is 10.6 Å². The third-order valence-electron chi connectivity index (χ3n) is 4.70. The van der Waals surface area contributed by atoms with E-state index in [0.717, 1.165) is 33.7 Å². The molecule has 4 amide bonds. The van der Waals surface area contributed by atoms with E-state index in [1.807, 2.05) is 62.4 Å². The van der Waals surface area contributed by atoms with Gasteiger partial charge in [-0.25, -0.2) is 4.79 Å². The molecule has 1 atom stereocenters. The van der Waals surface area contributed by atoms with Crippen LogP contribution < -0.4 is 10.6 Å². The van der Waals surface area contributed by atoms with Gasteiger partial charge in [-0.15, -0.1) is 0 Å². The number of nitrogens with zero attached hydrogens (tertiary/aromatic N) is 1. The molecule has 27 heavy (non-hydrogen) atoms. The highest BCUT2D eigenvalue weighted by Gasteiger charge is 2.38. The third kappa shape index (κ3) is 4.16. The summed E-state index contributed by atoms with van der Waals surface area (Å²) in [5, 5.41) is 5.51. The van der Waals surface area contributed by atoms with E-state index in [1.165, 1.54) is 0 Å². The van der Waals surface area contributed by atoms with Gasteiger partial charge in [-0.05, 0) is 30.0 Å². The smallest absolute Gasteiger partial charge is 0.325 e. The molecule has 0 bridgehead atoms. The molecule has 2 aromatic rings. The lowest BCUT2D eigenvalue weighted by atomic mass is 10.1. The van der Waals surface area contributed by atoms with Crippen LogP contribution in [-0.2, 0) is 22.4 Å². The molecule has 1 heterocycles. The van der Waals surface area contributed by atoms with Gasteiger partial charge in [-0.2, -0.15) is 0 Å². The summed E-state index contributed by atoms with van der Waals surface area (Å²) in [7, 11) is 0. The number of nitrogens with one attached hydrogen (secondary N) is 2. The molecule has 0 saturated carbocycles. The van der Waals surface area contributed by atoms with Gasteiger partial charge in [0.1, 0.15) is 12.6 Å². The first-order valence-corrected chi connectivity index (χ1v) is 9.03. The van der Waals surface area contributed by atoms with Crippen molar-refractivity contribution in [2.45, 2.75) is 32.7 Å². The highest BCUT2D eigenvalue weighted by Crippen LogP contribution is 2.21. The molecule has 2 aromatic carbocycles. The van der Waals surface area contributed by atoms with E-state index < -0.39 is 12.1 Å². The zero-order valence-electron chi connectivity index (χ0n) is 15.5. The maximum Gasteiger partial charge on any atom is 0.325 e. The predicted octanol–water partition coefficient (Wildman–Crippen LogP) is 2.66. The van der Waals surface area contributed by atoms with Crippen molar-refractivity contribution in [2.24, 2.45) is 0 Å². The summed E-state index contributed by atoms with van der Waals surface area (Å²) in [4.78, 5) is 38.2. The van der Waals surface area contributed by atoms with Crippen LogP contribution in [-0.4, -0.2) is 35.3 Å². The predicted molar refractivity (Wildman–Crippen MR) is 103 cm³/mol. The number of anilines is 1. The molecule has 1 aliphatic heterocycles. The molecule has 140 valence electrons. The highest BCUT2D eigenvalue weighted by atomic mass is 16.2. The number of amides is 4. The van der Waals surface area contributed by atoms with Crippen LogP contribution >= 0.6 is 0 Å². The molecule has 3 rings (SSSR count). The Balaban J connectivity index is 1.66. The topological polar surface area (TPSA) is 78.5 Å². The molecule has 2 N–H and O–H groups in total. The number of urea groups is 1. The molecule has 0 spiro atoms. The van der Waals surface area contributed by atoms with Crippen LogP contribution in [0, 0.1) is 6.92 Å². The monoisotopic (exact) mass is 365 g/mol. The quantitative estimate of drug-likeness (QED) is 0.773. The standard InChI is InChI=1S/C21H23N3O3/c1-3-16-11-7-8-14(2)19(16)23-18(25)13-24-20(26)17(22-21(24)27)12-15-9-5-4-6-10-15/h4-11,17H,3,12-13H2,1-2H3,(H,22,27)(H,23,25)/t17-/m0/s1. The summed E-state index contributed by atoms with van der Waals surface area (Å²) in [6.07, 6.45) is 1.18. The van der Waals surface area contributed by atoms with Gasteiger partial charge >= 0.3 is 6.03 Å². The first-order chi connectivity index (χ1) is 13.0. The molecule has 1 fully saturated rings. The lowest BCUT2D eigenvalue weighted by molar-refractivity contribution is -0.130. The second-order valence-electron chi connectivity index (χ2n) is 6.63. The number of aryl methyl sites for hydroxylation is 2. The van der Waals surface area contributed by atoms with Crippen molar-refractivity contribution >= 4 is 23.5 Å². The van der Waals surface area contributed by atoms with E-state index in [0.29, 0.717) is 6.42 Å². The number of benzene rings is 2. The second kappa shape index (κ2) is 8.03. The number of hydrogen-bond acceptors (Lipinski definition) is 3. The Morgan fingerprint density at radius 3 is 2.56 bits per heavy atom. The van der Waals surface area contributed by atoms with Crippen LogP contribution in [0.4, 0.5) is 10.5 Å². The van der Waals surface area contributed by atoms with E-state index >= 15 is 0 Å². The van der Waals surface area contributed by atoms with E-state index in [-0.39, 0.29) is 18.4 Å². The molecule has 6 heteroatoms. The van der Waals surface area contributed by atoms with Gasteiger partial charge in [-0.1, -0.05) is 55.5 Å². The van der Waals surface area contributed by atoms with E-state index in [4.69, 9.17) is 0 Å². The van der Waals surface area contributed by atoms with E-state index in [9.17, 15) is 14.4 Å². The Morgan fingerprint density at radius 1 is 1.11 bits per heavy atom. The summed E-state index contributed by atoms with van der Waals surface area (Å²) in [5.41, 5.74) is 3.66. The van der Waals surface area contributed by atoms with Crippen molar-refractivity contribution in [3.63, 3.8) is 0 Å². The van der Waals surface area contributed by atoms with Crippen molar-refractivity contribution in [1.82, 2.24) is 10.2 Å². The molecule has 1 aliphatic rings. The maximum absolute atomic E-state index is 12.6. The fourth-order valence-corrected chi connectivity index (χ4v) is 3.24. The second-order valence-corrected chi connectivity index (χ2v) is 6.63. The molecule has 6 nitrogen and oxygen atoms in total. The first-order valence-electron chi connectivity index (χ1n) is 9.03. The summed E-state index contributed by atoms with van der Waals surface area (Å²) in [6, 6.07) is 14.1. The minimum atomic E-state index is -0.641. The number of carbonyl (C=O) groups excluding carboxylic acids is 3. The van der Waals surface area contributed by atoms with Gasteiger partial charge in [0.25, 0.3) is 5.91 Å². The van der Waals surface area contributed by atoms with Crippen molar-refractivity contribution in [2.75, 3.05) is 11.9 Å². The maximum atomic E-state index is 12.6. The molecule has 0 aliphatic carbocycles. The van der Waals surface area contributed by atoms with Crippen LogP contribution in [0.2, 0.25) is 0 Å². The van der Waals surface area contributed by atoms with Crippen molar-refractivity contribution in [3.8, 4) is 0 Å². The average molecular weight is 365 g/mol. The zero-order chi connectivity index (χ0) is 19.4. The Labute approximate surface area is 158 Å². The van der Waals surface area contributed by atoms with Crippen molar-refractivity contribution < 1.29 is 14.4 Å². The van der Waals surface area contributed by atoms with E-state index in [1.54, 1.807) is 0 Å². The minimum absolute atomic E-state index is 0.298. The van der Waals surface area contributed by atoms with Gasteiger partial charge < -0.3 is 10.6 Å². The lowest BCUT2D eigenvalue weighted by Crippen LogP contribution is -2.38. The molecular formula is C21H23N3O3. The van der Waals surface area contributed by atoms with Crippen molar-refractivity contribution in [3.05, 3.63) is 65.2 Å². The lowest BCUT2D eigenvalue weighted by Gasteiger charge is -2.16. The third-order valence-corrected chi connectivity index (χ3v) is 4.70. The molecule has 0 unspecified atom stereocenters. The van der Waals surface area contributed by atoms with Gasteiger partial charge in [0, 0.05) is 12.1 Å². The summed E-state index contributed by atoms with van der Waals surface area (Å²) < 4.78 is 0. The van der Waals surface area contributed by atoms with Gasteiger partial charge in [0.15, 0.2) is 0 Å². The summed E-state index contributed by atoms with van der Waals surface area (Å²) in [5.74, 6) is -0.762. The Hall–Kier alpha value is -3.15. The number of imide groups is 1. The SMILES string of the molecule is CCc1cccc(C)c1NC(=O)CN1C(=O)N[C@@H](Cc2ccccc2)C1=O. The van der Waals surface area contributed by atoms with Crippen molar-refractivity contribution in [1.29, 1.82) is 0 Å². The minimum Gasteiger partial charge on any atom is -0.325 e. The normalized spacial score (nSPS) is 16.4. The molecule has 0 radical (unpaired) electrons. The number of rotatable bonds is 6. The van der Waals surface area contributed by atoms with Crippen LogP contribution in [0.1, 0.15) is 23.6 Å². The van der Waals surface area contributed by atoms with Crippen LogP contribution in [0.25, 0.3) is 0 Å². The Kier molecular flexibility index (Phi) is 5.54. The summed E-state index contributed by atoms with van der Waals surface area (Å²) in [6.45, 7) is 3.63. The highest BCUT2D eigenvalue weighted by molar-refractivity contribution is 6.08. The first kappa shape index (κ1) is 18.6. The van der Waals surface area contributed by atoms with Crippen LogP contribution in [0.3, 0.4) is 0 Å². The van der Waals surface area contributed by atoms with Crippen LogP contribution in [0.15, 0.2) is 48.5 Å². The number of para-hydroxylation sites is 1. The van der Waals surface area contributed by atoms with Crippen LogP contribution in [0.5, 0.6) is 0 Å². The fraction of sp³-hybridized carbons (Fsp3) is 0.286. The molecule has 1 saturated heterocycles. The van der Waals surface area contributed by atoms with Gasteiger partial charge in [0.05, 0.1) is 0 Å². The summed E-state index contributed by atoms with van der Waals surface area (Å²) >= 11 is 0. The van der Waals surface area contributed by atoms with Gasteiger partial charge in [0.2, 0.25) is 5.91 Å². The fourth-order valence-electron chi connectivity index (χ4n) is 3.24. The zero-order valence-corrected chi connectivity index (χ0v) is 15.5. The average Bonchev–Trinajstić information content (AvgIpc) is 2.91.